The number of aliphatic hydroxyl groups is 1. The van der Waals surface area contributed by atoms with Crippen LogP contribution in [0.25, 0.3) is 17.2 Å². The number of phenols is 2. The first kappa shape index (κ1) is 40.1. The number of benzene rings is 4. The van der Waals surface area contributed by atoms with E-state index >= 15 is 0 Å². The summed E-state index contributed by atoms with van der Waals surface area (Å²) in [6.07, 6.45) is 8.14. The Kier molecular flexibility index (Phi) is 12.0. The molecular weight excluding hydrogens is 743 g/mol. The molecule has 308 valence electrons. The quantitative estimate of drug-likeness (QED) is 0.0748. The lowest BCUT2D eigenvalue weighted by Gasteiger charge is -2.30. The molecule has 59 heavy (non-hydrogen) atoms. The van der Waals surface area contributed by atoms with Crippen LogP contribution in [-0.2, 0) is 18.3 Å². The highest BCUT2D eigenvalue weighted by Crippen LogP contribution is 2.53. The number of phenolic OH excluding ortho intramolecular Hbond substituents is 2. The van der Waals surface area contributed by atoms with Crippen molar-refractivity contribution in [2.45, 2.75) is 75.9 Å². The van der Waals surface area contributed by atoms with Gasteiger partial charge in [0.05, 0.1) is 26.2 Å². The van der Waals surface area contributed by atoms with Gasteiger partial charge in [0, 0.05) is 54.8 Å². The van der Waals surface area contributed by atoms with Gasteiger partial charge < -0.3 is 44.7 Å². The molecule has 3 aliphatic rings. The van der Waals surface area contributed by atoms with Gasteiger partial charge >= 0.3 is 0 Å². The number of aryl methyl sites for hydroxylation is 1. The number of fused-ring (bicyclic) bond motifs is 1. The zero-order chi connectivity index (χ0) is 40.9. The van der Waals surface area contributed by atoms with Crippen molar-refractivity contribution in [3.05, 3.63) is 125 Å². The van der Waals surface area contributed by atoms with Gasteiger partial charge in [0.1, 0.15) is 29.0 Å². The molecule has 2 aliphatic heterocycles. The molecule has 0 radical (unpaired) electrons. The van der Waals surface area contributed by atoms with E-state index in [1.54, 1.807) is 30.3 Å². The van der Waals surface area contributed by atoms with E-state index in [9.17, 15) is 20.1 Å². The molecule has 2 fully saturated rings. The highest BCUT2D eigenvalue weighted by atomic mass is 16.5. The van der Waals surface area contributed by atoms with Crippen LogP contribution in [0.2, 0.25) is 0 Å². The number of aliphatic hydroxyl groups excluding tert-OH is 1. The topological polar surface area (TPSA) is 137 Å². The number of rotatable bonds is 14. The molecule has 2 atom stereocenters. The van der Waals surface area contributed by atoms with Crippen LogP contribution in [0.3, 0.4) is 0 Å². The molecular formula is C49H55N3O7. The number of nitrogens with zero attached hydrogens (tertiary/aromatic N) is 1. The molecule has 5 aromatic rings. The van der Waals surface area contributed by atoms with Gasteiger partial charge in [0.2, 0.25) is 5.75 Å². The predicted molar refractivity (Wildman–Crippen MR) is 231 cm³/mol. The summed E-state index contributed by atoms with van der Waals surface area (Å²) in [6, 6.07) is 27.3. The fraction of sp³-hybridized carbons (Fsp3) is 0.367. The van der Waals surface area contributed by atoms with E-state index in [4.69, 9.17) is 14.2 Å². The van der Waals surface area contributed by atoms with Gasteiger partial charge in [-0.1, -0.05) is 98.6 Å². The Hall–Kier alpha value is -5.71. The number of aromatic amines is 1. The Bertz CT molecular complexity index is 2270. The lowest BCUT2D eigenvalue weighted by molar-refractivity contribution is 0.0836. The molecule has 8 rings (SSSR count). The number of carbonyl (C=O) groups excluding carboxylic acids is 1. The van der Waals surface area contributed by atoms with E-state index in [1.165, 1.54) is 49.9 Å². The number of H-pyrrole nitrogens is 1. The van der Waals surface area contributed by atoms with Crippen molar-refractivity contribution in [1.29, 1.82) is 0 Å². The second kappa shape index (κ2) is 17.6. The summed E-state index contributed by atoms with van der Waals surface area (Å²) in [6.45, 7) is 6.20. The van der Waals surface area contributed by atoms with E-state index in [0.717, 1.165) is 48.4 Å². The van der Waals surface area contributed by atoms with Crippen molar-refractivity contribution in [2.75, 3.05) is 44.8 Å². The molecule has 1 saturated carbocycles. The number of ketones is 1. The Morgan fingerprint density at radius 1 is 0.949 bits per heavy atom. The van der Waals surface area contributed by atoms with Gasteiger partial charge in [0.25, 0.3) is 0 Å². The second-order valence-electron chi connectivity index (χ2n) is 16.3. The summed E-state index contributed by atoms with van der Waals surface area (Å²) in [5.41, 5.74) is 7.21. The zero-order valence-corrected chi connectivity index (χ0v) is 34.0. The fourth-order valence-corrected chi connectivity index (χ4v) is 8.87. The van der Waals surface area contributed by atoms with Crippen molar-refractivity contribution in [1.82, 2.24) is 10.3 Å². The Morgan fingerprint density at radius 3 is 2.46 bits per heavy atom. The predicted octanol–water partition coefficient (Wildman–Crippen LogP) is 8.68. The van der Waals surface area contributed by atoms with E-state index in [0.29, 0.717) is 18.4 Å². The maximum Gasteiger partial charge on any atom is 0.204 e. The van der Waals surface area contributed by atoms with Crippen LogP contribution < -0.4 is 24.4 Å². The van der Waals surface area contributed by atoms with Crippen LogP contribution in [-0.4, -0.2) is 72.1 Å². The fourth-order valence-electron chi connectivity index (χ4n) is 8.87. The number of aromatic nitrogens is 1. The number of piperazine rings is 1. The minimum atomic E-state index is -0.803. The Morgan fingerprint density at radius 2 is 1.71 bits per heavy atom. The number of Topliss-reactive ketones (excluding diaryl/α,β-unsaturated/α-hetero) is 1. The first-order valence-electron chi connectivity index (χ1n) is 21.0. The number of anilines is 1. The number of aromatic hydroxyl groups is 2. The molecule has 4 aromatic carbocycles. The van der Waals surface area contributed by atoms with Crippen molar-refractivity contribution in [2.24, 2.45) is 0 Å². The SMILES string of the molecule is COc1c(O)c(CCc2cccc(-c3cc(C4(C)CCCC4)[nH]c3N3CCNCC3)c2)c2c(c1OCC[C@@H](O)/C=C/c1ccccc1)C(=O)CC(c1ccc(O)cc1)O2. The molecule has 0 spiro atoms. The van der Waals surface area contributed by atoms with Gasteiger partial charge in [0.15, 0.2) is 17.3 Å². The molecule has 1 unspecified atom stereocenters. The maximum absolute atomic E-state index is 14.2. The molecule has 0 bridgehead atoms. The monoisotopic (exact) mass is 797 g/mol. The van der Waals surface area contributed by atoms with Gasteiger partial charge in [-0.05, 0) is 66.1 Å². The van der Waals surface area contributed by atoms with Crippen LogP contribution in [0.4, 0.5) is 5.82 Å². The standard InChI is InChI=1S/C49H55N3O7/c1-49(22-6-7-23-49)42-30-39(48(51-42)52-26-24-50-25-27-52)35-12-8-11-33(29-35)14-20-38-44(56)47(57-2)46(58-28-21-37(54)17-13-32-9-4-3-5-10-32)43-40(55)31-41(59-45(38)43)34-15-18-36(53)19-16-34/h3-5,8-13,15-19,29-30,37,41,50-51,53-54,56H,6-7,14,20-28,31H2,1-2H3/b17-13+/t37-,41?/m0/s1. The number of ether oxygens (including phenoxy) is 3. The van der Waals surface area contributed by atoms with Crippen LogP contribution in [0.5, 0.6) is 28.7 Å². The van der Waals surface area contributed by atoms with Crippen molar-refractivity contribution in [3.63, 3.8) is 0 Å². The van der Waals surface area contributed by atoms with Crippen molar-refractivity contribution >= 4 is 17.7 Å². The van der Waals surface area contributed by atoms with Gasteiger partial charge in [-0.15, -0.1) is 0 Å². The molecule has 10 nitrogen and oxygen atoms in total. The third kappa shape index (κ3) is 8.70. The third-order valence-electron chi connectivity index (χ3n) is 12.3. The summed E-state index contributed by atoms with van der Waals surface area (Å²) in [5, 5.41) is 36.1. The summed E-state index contributed by atoms with van der Waals surface area (Å²) < 4.78 is 18.6. The third-order valence-corrected chi connectivity index (χ3v) is 12.3. The van der Waals surface area contributed by atoms with E-state index in [2.05, 4.69) is 52.5 Å². The molecule has 0 amide bonds. The maximum atomic E-state index is 14.2. The number of methoxy groups -OCH3 is 1. The number of hydrogen-bond donors (Lipinski definition) is 5. The molecule has 5 N–H and O–H groups in total. The number of nitrogens with one attached hydrogen (secondary N) is 2. The van der Waals surface area contributed by atoms with Gasteiger partial charge in [-0.3, -0.25) is 4.79 Å². The zero-order valence-electron chi connectivity index (χ0n) is 34.0. The van der Waals surface area contributed by atoms with Crippen molar-refractivity contribution in [3.8, 4) is 39.9 Å². The van der Waals surface area contributed by atoms with Crippen LogP contribution in [0, 0.1) is 0 Å². The molecule has 1 saturated heterocycles. The first-order chi connectivity index (χ1) is 28.7. The van der Waals surface area contributed by atoms with E-state index in [-0.39, 0.29) is 65.0 Å². The molecule has 10 heteroatoms. The Balaban J connectivity index is 1.10. The number of carbonyl (C=O) groups is 1. The highest BCUT2D eigenvalue weighted by molar-refractivity contribution is 6.04. The summed E-state index contributed by atoms with van der Waals surface area (Å²) in [5.74, 6) is 1.33. The van der Waals surface area contributed by atoms with E-state index < -0.39 is 12.2 Å². The largest absolute Gasteiger partial charge is 0.508 e. The average Bonchev–Trinajstić information content (AvgIpc) is 3.92. The number of hydrogen-bond acceptors (Lipinski definition) is 9. The summed E-state index contributed by atoms with van der Waals surface area (Å²) in [4.78, 5) is 20.5. The van der Waals surface area contributed by atoms with E-state index in [1.807, 2.05) is 36.4 Å². The van der Waals surface area contributed by atoms with Gasteiger partial charge in [-0.2, -0.15) is 0 Å². The first-order valence-corrected chi connectivity index (χ1v) is 21.0. The van der Waals surface area contributed by atoms with Gasteiger partial charge in [-0.25, -0.2) is 0 Å². The van der Waals surface area contributed by atoms with Crippen LogP contribution in [0.1, 0.15) is 89.9 Å². The smallest absolute Gasteiger partial charge is 0.204 e. The second-order valence-corrected chi connectivity index (χ2v) is 16.3. The average molecular weight is 798 g/mol. The summed E-state index contributed by atoms with van der Waals surface area (Å²) in [7, 11) is 1.44. The Labute approximate surface area is 346 Å². The minimum absolute atomic E-state index is 0.0269. The molecule has 3 heterocycles. The highest BCUT2D eigenvalue weighted by Gasteiger charge is 2.38. The van der Waals surface area contributed by atoms with Crippen LogP contribution >= 0.6 is 0 Å². The lowest BCUT2D eigenvalue weighted by atomic mass is 9.85. The molecule has 1 aliphatic carbocycles. The molecule has 1 aromatic heterocycles. The van der Waals surface area contributed by atoms with Crippen LogP contribution in [0.15, 0.2) is 91.0 Å². The minimum Gasteiger partial charge on any atom is -0.508 e. The normalized spacial score (nSPS) is 18.1. The van der Waals surface area contributed by atoms with Crippen molar-refractivity contribution < 1.29 is 34.3 Å². The lowest BCUT2D eigenvalue weighted by Crippen LogP contribution is -2.43. The summed E-state index contributed by atoms with van der Waals surface area (Å²) >= 11 is 0.